The fourth-order valence-corrected chi connectivity index (χ4v) is 1.56. The van der Waals surface area contributed by atoms with Crippen molar-refractivity contribution in [3.63, 3.8) is 0 Å². The minimum absolute atomic E-state index is 0.0639. The van der Waals surface area contributed by atoms with Gasteiger partial charge in [0.2, 0.25) is 0 Å². The summed E-state index contributed by atoms with van der Waals surface area (Å²) in [5.74, 6) is 0. The molecule has 0 atom stereocenters. The molecule has 0 saturated heterocycles. The van der Waals surface area contributed by atoms with E-state index < -0.39 is 10.1 Å². The van der Waals surface area contributed by atoms with E-state index in [2.05, 4.69) is 12.0 Å². The second-order valence-corrected chi connectivity index (χ2v) is 5.11. The lowest BCUT2D eigenvalue weighted by atomic mass is 10.3. The lowest BCUT2D eigenvalue weighted by Crippen LogP contribution is -2.02. The summed E-state index contributed by atoms with van der Waals surface area (Å²) < 4.78 is 28.1. The number of nitrogens with zero attached hydrogens (tertiary/aromatic N) is 2. The third-order valence-corrected chi connectivity index (χ3v) is 2.48. The summed E-state index contributed by atoms with van der Waals surface area (Å²) >= 11 is 0. The summed E-state index contributed by atoms with van der Waals surface area (Å²) in [5, 5.41) is 4.24. The van der Waals surface area contributed by atoms with Crippen molar-refractivity contribution < 1.29 is 12.6 Å². The van der Waals surface area contributed by atoms with E-state index in [1.54, 1.807) is 4.68 Å². The second kappa shape index (κ2) is 4.76. The van der Waals surface area contributed by atoms with Gasteiger partial charge in [0.15, 0.2) is 0 Å². The molecule has 6 heteroatoms. The molecule has 0 fully saturated rings. The van der Waals surface area contributed by atoms with E-state index in [9.17, 15) is 8.42 Å². The van der Waals surface area contributed by atoms with Crippen molar-refractivity contribution in [2.45, 2.75) is 33.4 Å². The predicted molar refractivity (Wildman–Crippen MR) is 56.9 cm³/mol. The molecule has 0 saturated carbocycles. The Bertz CT molecular complexity index is 423. The third kappa shape index (κ3) is 4.01. The van der Waals surface area contributed by atoms with Gasteiger partial charge in [-0.25, -0.2) is 0 Å². The molecule has 0 unspecified atom stereocenters. The van der Waals surface area contributed by atoms with Crippen LogP contribution in [0.2, 0.25) is 0 Å². The fourth-order valence-electron chi connectivity index (χ4n) is 1.21. The second-order valence-electron chi connectivity index (χ2n) is 3.47. The minimum Gasteiger partial charge on any atom is -0.272 e. The van der Waals surface area contributed by atoms with Gasteiger partial charge in [0.25, 0.3) is 10.1 Å². The molecule has 0 aliphatic heterocycles. The smallest absolute Gasteiger partial charge is 0.264 e. The van der Waals surface area contributed by atoms with E-state index in [1.807, 2.05) is 13.1 Å². The maximum absolute atomic E-state index is 10.8. The van der Waals surface area contributed by atoms with Crippen LogP contribution in [0.4, 0.5) is 0 Å². The van der Waals surface area contributed by atoms with Gasteiger partial charge >= 0.3 is 0 Å². The summed E-state index contributed by atoms with van der Waals surface area (Å²) in [6.45, 7) is 4.80. The summed E-state index contributed by atoms with van der Waals surface area (Å²) in [6, 6.07) is 0. The Morgan fingerprint density at radius 3 is 2.73 bits per heavy atom. The van der Waals surface area contributed by atoms with Crippen molar-refractivity contribution in [3.05, 3.63) is 17.5 Å². The van der Waals surface area contributed by atoms with E-state index in [0.717, 1.165) is 30.5 Å². The van der Waals surface area contributed by atoms with Crippen LogP contribution in [0.25, 0.3) is 0 Å². The van der Waals surface area contributed by atoms with Crippen LogP contribution in [0.1, 0.15) is 24.6 Å². The Morgan fingerprint density at radius 1 is 1.53 bits per heavy atom. The lowest BCUT2D eigenvalue weighted by Gasteiger charge is -1.98. The molecule has 1 aromatic rings. The third-order valence-electron chi connectivity index (χ3n) is 1.93. The highest BCUT2D eigenvalue weighted by atomic mass is 32.2. The van der Waals surface area contributed by atoms with E-state index >= 15 is 0 Å². The zero-order valence-corrected chi connectivity index (χ0v) is 10.0. The molecule has 0 radical (unpaired) electrons. The molecule has 15 heavy (non-hydrogen) atoms. The highest BCUT2D eigenvalue weighted by Gasteiger charge is 2.08. The molecule has 1 rings (SSSR count). The van der Waals surface area contributed by atoms with Crippen LogP contribution in [-0.4, -0.2) is 24.5 Å². The molecular formula is C9H16N2O3S. The monoisotopic (exact) mass is 232 g/mol. The van der Waals surface area contributed by atoms with Gasteiger partial charge in [0.1, 0.15) is 0 Å². The van der Waals surface area contributed by atoms with Crippen molar-refractivity contribution in [1.29, 1.82) is 0 Å². The number of aryl methyl sites for hydroxylation is 2. The van der Waals surface area contributed by atoms with Crippen LogP contribution in [-0.2, 0) is 27.5 Å². The van der Waals surface area contributed by atoms with Gasteiger partial charge in [-0.3, -0.25) is 8.86 Å². The molecule has 0 bridgehead atoms. The van der Waals surface area contributed by atoms with Crippen LogP contribution in [0, 0.1) is 6.92 Å². The van der Waals surface area contributed by atoms with E-state index in [-0.39, 0.29) is 6.61 Å². The van der Waals surface area contributed by atoms with Crippen molar-refractivity contribution in [2.24, 2.45) is 0 Å². The van der Waals surface area contributed by atoms with Crippen LogP contribution >= 0.6 is 0 Å². The zero-order chi connectivity index (χ0) is 11.5. The van der Waals surface area contributed by atoms with E-state index in [1.165, 1.54) is 0 Å². The standard InChI is InChI=1S/C9H16N2O3S/c1-4-5-11-6-9(8(2)10-11)7-14-15(3,12)13/h6H,4-5,7H2,1-3H3. The van der Waals surface area contributed by atoms with E-state index in [4.69, 9.17) is 4.18 Å². The van der Waals surface area contributed by atoms with E-state index in [0.29, 0.717) is 0 Å². The van der Waals surface area contributed by atoms with Crippen molar-refractivity contribution in [3.8, 4) is 0 Å². The topological polar surface area (TPSA) is 61.2 Å². The van der Waals surface area contributed by atoms with Gasteiger partial charge in [-0.2, -0.15) is 13.5 Å². The maximum atomic E-state index is 10.8. The molecule has 0 aliphatic carbocycles. The highest BCUT2D eigenvalue weighted by Crippen LogP contribution is 2.09. The Labute approximate surface area is 90.2 Å². The Balaban J connectivity index is 2.69. The normalized spacial score (nSPS) is 11.9. The first kappa shape index (κ1) is 12.2. The number of hydrogen-bond donors (Lipinski definition) is 0. The van der Waals surface area contributed by atoms with Gasteiger partial charge < -0.3 is 0 Å². The molecule has 1 heterocycles. The molecule has 0 amide bonds. The summed E-state index contributed by atoms with van der Waals surface area (Å²) in [5.41, 5.74) is 1.63. The summed E-state index contributed by atoms with van der Waals surface area (Å²) in [7, 11) is -3.38. The van der Waals surface area contributed by atoms with Crippen LogP contribution in [0.5, 0.6) is 0 Å². The molecule has 86 valence electrons. The average Bonchev–Trinajstić information content (AvgIpc) is 2.42. The number of hydrogen-bond acceptors (Lipinski definition) is 4. The Morgan fingerprint density at radius 2 is 2.20 bits per heavy atom. The lowest BCUT2D eigenvalue weighted by molar-refractivity contribution is 0.311. The molecule has 0 N–H and O–H groups in total. The van der Waals surface area contributed by atoms with Crippen LogP contribution < -0.4 is 0 Å². The summed E-state index contributed by atoms with van der Waals surface area (Å²) in [6.07, 6.45) is 3.86. The van der Waals surface area contributed by atoms with Crippen molar-refractivity contribution in [2.75, 3.05) is 6.26 Å². The van der Waals surface area contributed by atoms with Gasteiger partial charge in [-0.15, -0.1) is 0 Å². The van der Waals surface area contributed by atoms with Crippen LogP contribution in [0.15, 0.2) is 6.20 Å². The maximum Gasteiger partial charge on any atom is 0.264 e. The first-order chi connectivity index (χ1) is 6.92. The fraction of sp³-hybridized carbons (Fsp3) is 0.667. The molecule has 1 aromatic heterocycles. The van der Waals surface area contributed by atoms with Gasteiger partial charge in [-0.1, -0.05) is 6.92 Å². The first-order valence-electron chi connectivity index (χ1n) is 4.79. The Hall–Kier alpha value is -0.880. The summed E-state index contributed by atoms with van der Waals surface area (Å²) in [4.78, 5) is 0. The van der Waals surface area contributed by atoms with Gasteiger partial charge in [0.05, 0.1) is 18.6 Å². The molecule has 0 spiro atoms. The van der Waals surface area contributed by atoms with Crippen molar-refractivity contribution >= 4 is 10.1 Å². The van der Waals surface area contributed by atoms with Gasteiger partial charge in [0, 0.05) is 18.3 Å². The van der Waals surface area contributed by atoms with Gasteiger partial charge in [-0.05, 0) is 13.3 Å². The number of rotatable bonds is 5. The predicted octanol–water partition coefficient (Wildman–Crippen LogP) is 1.08. The average molecular weight is 232 g/mol. The highest BCUT2D eigenvalue weighted by molar-refractivity contribution is 7.85. The SMILES string of the molecule is CCCn1cc(COS(C)(=O)=O)c(C)n1. The molecular weight excluding hydrogens is 216 g/mol. The molecule has 5 nitrogen and oxygen atoms in total. The zero-order valence-electron chi connectivity index (χ0n) is 9.23. The quantitative estimate of drug-likeness (QED) is 0.713. The Kier molecular flexibility index (Phi) is 3.87. The largest absolute Gasteiger partial charge is 0.272 e. The molecule has 0 aliphatic rings. The molecule has 0 aromatic carbocycles. The number of aromatic nitrogens is 2. The van der Waals surface area contributed by atoms with Crippen molar-refractivity contribution in [1.82, 2.24) is 9.78 Å². The van der Waals surface area contributed by atoms with Crippen LogP contribution in [0.3, 0.4) is 0 Å². The first-order valence-corrected chi connectivity index (χ1v) is 6.61. The minimum atomic E-state index is -3.38.